The van der Waals surface area contributed by atoms with Gasteiger partial charge in [0.15, 0.2) is 0 Å². The van der Waals surface area contributed by atoms with Crippen LogP contribution in [0.3, 0.4) is 0 Å². The molecule has 2 aromatic rings. The third kappa shape index (κ3) is 2.33. The minimum Gasteiger partial charge on any atom is -0.348 e. The van der Waals surface area contributed by atoms with Crippen molar-refractivity contribution in [3.63, 3.8) is 0 Å². The van der Waals surface area contributed by atoms with Crippen LogP contribution in [0.4, 0.5) is 0 Å². The summed E-state index contributed by atoms with van der Waals surface area (Å²) in [7, 11) is 0. The van der Waals surface area contributed by atoms with Gasteiger partial charge in [-0.25, -0.2) is 0 Å². The molecule has 86 valence electrons. The molecule has 0 spiro atoms. The minimum atomic E-state index is 0.415. The van der Waals surface area contributed by atoms with Gasteiger partial charge < -0.3 is 10.3 Å². The maximum Gasteiger partial charge on any atom is 0.0821 e. The zero-order valence-electron chi connectivity index (χ0n) is 9.80. The van der Waals surface area contributed by atoms with Crippen LogP contribution in [0.25, 0.3) is 0 Å². The predicted octanol–water partition coefficient (Wildman–Crippen LogP) is 1.77. The Hall–Kier alpha value is -1.55. The van der Waals surface area contributed by atoms with E-state index >= 15 is 0 Å². The van der Waals surface area contributed by atoms with Crippen molar-refractivity contribution < 1.29 is 0 Å². The zero-order valence-corrected chi connectivity index (χ0v) is 9.80. The highest BCUT2D eigenvalue weighted by molar-refractivity contribution is 5.11. The van der Waals surface area contributed by atoms with Crippen LogP contribution in [-0.4, -0.2) is 14.3 Å². The maximum absolute atomic E-state index is 5.57. The molecule has 0 atom stereocenters. The van der Waals surface area contributed by atoms with E-state index in [-0.39, 0.29) is 0 Å². The molecular weight excluding hydrogens is 200 g/mol. The van der Waals surface area contributed by atoms with E-state index in [1.807, 2.05) is 23.1 Å². The SMILES string of the molecule is CC(C)n1ccc(Cn2ccc(CN)c2)n1. The molecule has 16 heavy (non-hydrogen) atoms. The fraction of sp³-hybridized carbons (Fsp3) is 0.417. The molecular formula is C12H18N4. The van der Waals surface area contributed by atoms with Crippen molar-refractivity contribution in [2.75, 3.05) is 0 Å². The second kappa shape index (κ2) is 4.53. The van der Waals surface area contributed by atoms with E-state index in [0.717, 1.165) is 17.8 Å². The average Bonchev–Trinajstić information content (AvgIpc) is 2.87. The summed E-state index contributed by atoms with van der Waals surface area (Å²) in [6.07, 6.45) is 6.12. The smallest absolute Gasteiger partial charge is 0.0821 e. The lowest BCUT2D eigenvalue weighted by Crippen LogP contribution is -2.03. The van der Waals surface area contributed by atoms with E-state index in [2.05, 4.69) is 35.8 Å². The Morgan fingerprint density at radius 3 is 2.69 bits per heavy atom. The summed E-state index contributed by atoms with van der Waals surface area (Å²) in [6, 6.07) is 4.51. The molecule has 0 saturated heterocycles. The fourth-order valence-electron chi connectivity index (χ4n) is 1.65. The first-order valence-electron chi connectivity index (χ1n) is 5.58. The van der Waals surface area contributed by atoms with Gasteiger partial charge in [0.2, 0.25) is 0 Å². The van der Waals surface area contributed by atoms with Gasteiger partial charge >= 0.3 is 0 Å². The number of hydrogen-bond acceptors (Lipinski definition) is 2. The van der Waals surface area contributed by atoms with Crippen LogP contribution in [0, 0.1) is 0 Å². The van der Waals surface area contributed by atoms with Crippen molar-refractivity contribution >= 4 is 0 Å². The van der Waals surface area contributed by atoms with Crippen LogP contribution in [0.15, 0.2) is 30.7 Å². The van der Waals surface area contributed by atoms with Crippen LogP contribution in [0.1, 0.15) is 31.1 Å². The normalized spacial score (nSPS) is 11.2. The van der Waals surface area contributed by atoms with Gasteiger partial charge in [-0.15, -0.1) is 0 Å². The first kappa shape index (κ1) is 11.0. The molecule has 0 aliphatic carbocycles. The monoisotopic (exact) mass is 218 g/mol. The molecule has 0 saturated carbocycles. The summed E-state index contributed by atoms with van der Waals surface area (Å²) < 4.78 is 4.08. The van der Waals surface area contributed by atoms with E-state index in [0.29, 0.717) is 12.6 Å². The van der Waals surface area contributed by atoms with E-state index in [1.54, 1.807) is 0 Å². The highest BCUT2D eigenvalue weighted by Gasteiger charge is 2.02. The standard InChI is InChI=1S/C12H18N4/c1-10(2)16-6-4-12(14-16)9-15-5-3-11(7-13)8-15/h3-6,8,10H,7,9,13H2,1-2H3. The number of aromatic nitrogens is 3. The highest BCUT2D eigenvalue weighted by Crippen LogP contribution is 2.07. The molecule has 4 nitrogen and oxygen atoms in total. The second-order valence-electron chi connectivity index (χ2n) is 4.28. The molecule has 2 heterocycles. The largest absolute Gasteiger partial charge is 0.348 e. The van der Waals surface area contributed by atoms with Crippen LogP contribution < -0.4 is 5.73 Å². The number of nitrogens with zero attached hydrogens (tertiary/aromatic N) is 3. The number of nitrogens with two attached hydrogens (primary N) is 1. The van der Waals surface area contributed by atoms with Gasteiger partial charge in [0.25, 0.3) is 0 Å². The highest BCUT2D eigenvalue weighted by atomic mass is 15.3. The van der Waals surface area contributed by atoms with Crippen molar-refractivity contribution in [3.8, 4) is 0 Å². The van der Waals surface area contributed by atoms with Gasteiger partial charge in [0.1, 0.15) is 0 Å². The van der Waals surface area contributed by atoms with Gasteiger partial charge in [-0.3, -0.25) is 4.68 Å². The quantitative estimate of drug-likeness (QED) is 0.850. The Morgan fingerprint density at radius 1 is 1.31 bits per heavy atom. The molecule has 4 heteroatoms. The Bertz CT molecular complexity index is 453. The minimum absolute atomic E-state index is 0.415. The number of hydrogen-bond donors (Lipinski definition) is 1. The van der Waals surface area contributed by atoms with Crippen LogP contribution in [-0.2, 0) is 13.1 Å². The fourth-order valence-corrected chi connectivity index (χ4v) is 1.65. The van der Waals surface area contributed by atoms with Gasteiger partial charge in [0.05, 0.1) is 12.2 Å². The third-order valence-corrected chi connectivity index (χ3v) is 2.58. The molecule has 0 radical (unpaired) electrons. The zero-order chi connectivity index (χ0) is 11.5. The van der Waals surface area contributed by atoms with E-state index in [1.165, 1.54) is 0 Å². The Balaban J connectivity index is 2.08. The Kier molecular flexibility index (Phi) is 3.10. The molecule has 0 aliphatic heterocycles. The summed E-state index contributed by atoms with van der Waals surface area (Å²) >= 11 is 0. The van der Waals surface area contributed by atoms with Crippen molar-refractivity contribution in [2.24, 2.45) is 5.73 Å². The summed E-state index contributed by atoms with van der Waals surface area (Å²) in [4.78, 5) is 0. The first-order chi connectivity index (χ1) is 7.69. The molecule has 2 N–H and O–H groups in total. The molecule has 2 rings (SSSR count). The molecule has 0 bridgehead atoms. The molecule has 0 aromatic carbocycles. The topological polar surface area (TPSA) is 48.8 Å². The van der Waals surface area contributed by atoms with Gasteiger partial charge in [0, 0.05) is 31.2 Å². The van der Waals surface area contributed by atoms with Crippen molar-refractivity contribution in [1.29, 1.82) is 0 Å². The van der Waals surface area contributed by atoms with Crippen LogP contribution in [0.5, 0.6) is 0 Å². The lowest BCUT2D eigenvalue weighted by molar-refractivity contribution is 0.524. The summed E-state index contributed by atoms with van der Waals surface area (Å²) in [5.74, 6) is 0. The third-order valence-electron chi connectivity index (χ3n) is 2.58. The van der Waals surface area contributed by atoms with Gasteiger partial charge in [-0.05, 0) is 31.5 Å². The first-order valence-corrected chi connectivity index (χ1v) is 5.58. The lowest BCUT2D eigenvalue weighted by atomic mass is 10.3. The molecule has 0 amide bonds. The lowest BCUT2D eigenvalue weighted by Gasteiger charge is -2.04. The van der Waals surface area contributed by atoms with Gasteiger partial charge in [-0.1, -0.05) is 0 Å². The summed E-state index contributed by atoms with van der Waals surface area (Å²) in [5, 5.41) is 4.50. The maximum atomic E-state index is 5.57. The molecule has 2 aromatic heterocycles. The Morgan fingerprint density at radius 2 is 2.12 bits per heavy atom. The van der Waals surface area contributed by atoms with Crippen LogP contribution in [0.2, 0.25) is 0 Å². The van der Waals surface area contributed by atoms with Crippen molar-refractivity contribution in [1.82, 2.24) is 14.3 Å². The van der Waals surface area contributed by atoms with Crippen molar-refractivity contribution in [2.45, 2.75) is 33.0 Å². The summed E-state index contributed by atoms with van der Waals surface area (Å²) in [5.41, 5.74) is 7.80. The van der Waals surface area contributed by atoms with E-state index in [9.17, 15) is 0 Å². The van der Waals surface area contributed by atoms with E-state index < -0.39 is 0 Å². The average molecular weight is 218 g/mol. The van der Waals surface area contributed by atoms with Crippen LogP contribution >= 0.6 is 0 Å². The van der Waals surface area contributed by atoms with Crippen molar-refractivity contribution in [3.05, 3.63) is 42.0 Å². The molecule has 0 fully saturated rings. The number of rotatable bonds is 4. The van der Waals surface area contributed by atoms with Gasteiger partial charge in [-0.2, -0.15) is 5.10 Å². The predicted molar refractivity (Wildman–Crippen MR) is 64.0 cm³/mol. The van der Waals surface area contributed by atoms with E-state index in [4.69, 9.17) is 5.73 Å². The summed E-state index contributed by atoms with van der Waals surface area (Å²) in [6.45, 7) is 5.64. The molecule has 0 unspecified atom stereocenters. The molecule has 0 aliphatic rings. The second-order valence-corrected chi connectivity index (χ2v) is 4.28. The Labute approximate surface area is 95.7 Å².